The Labute approximate surface area is 708 Å². The van der Waals surface area contributed by atoms with Crippen LogP contribution in [0.3, 0.4) is 0 Å². The van der Waals surface area contributed by atoms with Gasteiger partial charge in [-0.05, 0) is 212 Å². The molecule has 0 aromatic rings. The lowest BCUT2D eigenvalue weighted by Crippen LogP contribution is -2.21. The number of fused-ring (bicyclic) bond motifs is 42. The van der Waals surface area contributed by atoms with Crippen molar-refractivity contribution in [1.29, 1.82) is 0 Å². The lowest BCUT2D eigenvalue weighted by Gasteiger charge is -2.35. The summed E-state index contributed by atoms with van der Waals surface area (Å²) in [5, 5.41) is 0. The van der Waals surface area contributed by atoms with E-state index in [9.17, 15) is 0 Å². The summed E-state index contributed by atoms with van der Waals surface area (Å²) in [6.07, 6.45) is 135. The molecule has 0 heterocycles. The lowest BCUT2D eigenvalue weighted by atomic mass is 9.71. The summed E-state index contributed by atoms with van der Waals surface area (Å²) in [7, 11) is 0. The van der Waals surface area contributed by atoms with Crippen molar-refractivity contribution in [2.24, 2.45) is 154 Å². The standard InChI is InChI=1S/C12H22.2C11H20.3C10H18.2C9H16.C8H12.2C8H14.C7H12/c1-2-6-12-9-3-7-11(5-1)8-4-10-12;1-4-10-6-2-7-11(5-1)9-3-8-10;1-2-5-11-7-3-6-10(4-1)8-9-11;1-3-9-5-2-6-10(4-1)8-7-9;1-2-5-10-7-3-6-9(4-1)8-10;1-2-4-10-7-5-9(3-1)6-8-10;1-3-8-5-2-6-9(4-1)7-8;1-2-4-9-6-5-8(3-1)7-9;1-2-6-3-5(1)7-4-8(6)7;1-2-8-5-3-7(1)4-6-8;1-2-7-4-5-8(3-1)6-7;1-2-7-4-3-6(1)5-7/h11-12H,1-10H2;2*10-11H,1-9H2;3*9-10H,1-8H2;2*8-9H,1-7H2;5-8H,1-4H2;2*7-8H,1-6H2;6-7H,1-5H2. The molecule has 29 aliphatic carbocycles. The van der Waals surface area contributed by atoms with Gasteiger partial charge in [0.1, 0.15) is 0 Å². The summed E-state index contributed by atoms with van der Waals surface area (Å²) in [6.45, 7) is 0. The molecule has 24 bridgehead atoms. The first-order valence-corrected chi connectivity index (χ1v) is 55.9. The van der Waals surface area contributed by atoms with Crippen molar-refractivity contribution in [3.63, 3.8) is 0 Å². The van der Waals surface area contributed by atoms with Crippen LogP contribution in [0.1, 0.15) is 559 Å². The molecule has 0 N–H and O–H groups in total. The van der Waals surface area contributed by atoms with E-state index in [2.05, 4.69) is 0 Å². The minimum Gasteiger partial charge on any atom is -0.0530 e. The summed E-state index contributed by atoms with van der Waals surface area (Å²) in [5.74, 6) is 30.0. The number of rotatable bonds is 0. The van der Waals surface area contributed by atoms with Gasteiger partial charge in [0.05, 0.1) is 0 Å². The topological polar surface area (TPSA) is 0 Å². The van der Waals surface area contributed by atoms with E-state index < -0.39 is 0 Å². The van der Waals surface area contributed by atoms with Gasteiger partial charge < -0.3 is 0 Å². The predicted octanol–water partition coefficient (Wildman–Crippen LogP) is 37.1. The summed E-state index contributed by atoms with van der Waals surface area (Å²) < 4.78 is 0. The summed E-state index contributed by atoms with van der Waals surface area (Å²) in [6, 6.07) is 0. The molecule has 12 unspecified atom stereocenters. The van der Waals surface area contributed by atoms with Gasteiger partial charge in [-0.15, -0.1) is 0 Å². The Morgan fingerprint density at radius 1 is 0.0708 bits per heavy atom. The molecule has 0 heteroatoms. The van der Waals surface area contributed by atoms with Crippen LogP contribution in [0.4, 0.5) is 0 Å². The van der Waals surface area contributed by atoms with Crippen LogP contribution < -0.4 is 0 Å². The molecule has 0 spiro atoms. The SMILES string of the molecule is C1CC2CC1C1CC21.C1CC2CCC(C1)C2.C1CC2CCC1C2.C1CC2CCC1CC2.C1CC2CCCC(C1)C2.C1CC2CCCC(C1)CC2.C1CC2CCCC(C1)CCC2.C1CCC2CCC(C1)C2.C1CCC2CCC(C1)CC2.C1CCC2CCCC(C1)C2.C1CCC2CCCC(C1)CC2.C1CCC2CCCC(C1)CCC2. The first-order valence-electron chi connectivity index (χ1n) is 55.9. The first kappa shape index (κ1) is 89.3. The van der Waals surface area contributed by atoms with Gasteiger partial charge in [-0.3, -0.25) is 0 Å². The minimum atomic E-state index is 1.11. The van der Waals surface area contributed by atoms with Gasteiger partial charge in [0.15, 0.2) is 0 Å². The maximum Gasteiger partial charge on any atom is -0.0352 e. The van der Waals surface area contributed by atoms with Crippen LogP contribution in [-0.2, 0) is 0 Å². The number of hydrogen-bond donors (Lipinski definition) is 0. The molecule has 0 aliphatic heterocycles. The Hall–Kier alpha value is 0. The van der Waals surface area contributed by atoms with Crippen molar-refractivity contribution >= 4 is 0 Å². The molecule has 0 saturated heterocycles. The second-order valence-corrected chi connectivity index (χ2v) is 48.1. The third-order valence-electron chi connectivity index (χ3n) is 39.8. The van der Waals surface area contributed by atoms with E-state index in [-0.39, 0.29) is 0 Å². The van der Waals surface area contributed by atoms with E-state index in [1.54, 1.807) is 417 Å². The van der Waals surface area contributed by atoms with Gasteiger partial charge in [0, 0.05) is 0 Å². The summed E-state index contributed by atoms with van der Waals surface area (Å²) >= 11 is 0. The molecule has 652 valence electrons. The van der Waals surface area contributed by atoms with Crippen molar-refractivity contribution in [3.8, 4) is 0 Å². The molecule has 29 aliphatic rings. The van der Waals surface area contributed by atoms with Gasteiger partial charge in [-0.1, -0.05) is 501 Å². The zero-order valence-electron chi connectivity index (χ0n) is 76.5. The Morgan fingerprint density at radius 3 is 0.336 bits per heavy atom. The average molecular weight is 1560 g/mol. The van der Waals surface area contributed by atoms with Crippen LogP contribution in [0, 0.1) is 154 Å². The molecule has 0 aromatic heterocycles. The third-order valence-corrected chi connectivity index (χ3v) is 39.8. The highest BCUT2D eigenvalue weighted by atomic mass is 14.6. The Kier molecular flexibility index (Phi) is 40.0. The van der Waals surface area contributed by atoms with Gasteiger partial charge in [0.2, 0.25) is 0 Å². The van der Waals surface area contributed by atoms with E-state index in [0.717, 1.165) is 118 Å². The van der Waals surface area contributed by atoms with Crippen molar-refractivity contribution in [3.05, 3.63) is 0 Å². The quantitative estimate of drug-likeness (QED) is 0.227. The molecule has 12 atom stereocenters. The monoisotopic (exact) mass is 1560 g/mol. The molecule has 29 saturated carbocycles. The van der Waals surface area contributed by atoms with Gasteiger partial charge >= 0.3 is 0 Å². The zero-order chi connectivity index (χ0) is 76.5. The molecular weight excluding hydrogens is 1360 g/mol. The van der Waals surface area contributed by atoms with Gasteiger partial charge in [0.25, 0.3) is 0 Å². The predicted molar refractivity (Wildman–Crippen MR) is 492 cm³/mol. The average Bonchev–Trinajstić information content (AvgIpc) is 1.58. The maximum atomic E-state index is 1.62. The van der Waals surface area contributed by atoms with Crippen molar-refractivity contribution < 1.29 is 0 Å². The minimum absolute atomic E-state index is 1.11. The third kappa shape index (κ3) is 32.2. The van der Waals surface area contributed by atoms with Crippen LogP contribution in [-0.4, -0.2) is 0 Å². The van der Waals surface area contributed by atoms with Crippen LogP contribution in [0.2, 0.25) is 0 Å². The second kappa shape index (κ2) is 50.7. The van der Waals surface area contributed by atoms with E-state index in [1.807, 2.05) is 0 Å². The molecule has 0 amide bonds. The van der Waals surface area contributed by atoms with Crippen molar-refractivity contribution in [1.82, 2.24) is 0 Å². The summed E-state index contributed by atoms with van der Waals surface area (Å²) in [4.78, 5) is 0. The van der Waals surface area contributed by atoms with Crippen LogP contribution in [0.25, 0.3) is 0 Å². The molecule has 113 heavy (non-hydrogen) atoms. The van der Waals surface area contributed by atoms with Crippen molar-refractivity contribution in [2.75, 3.05) is 0 Å². The Balaban J connectivity index is 0.000000102. The molecule has 0 aromatic carbocycles. The Bertz CT molecular complexity index is 2140. The van der Waals surface area contributed by atoms with Crippen LogP contribution in [0.15, 0.2) is 0 Å². The molecule has 29 rings (SSSR count). The highest BCUT2D eigenvalue weighted by Crippen LogP contribution is 2.65. The van der Waals surface area contributed by atoms with Gasteiger partial charge in [-0.2, -0.15) is 0 Å². The van der Waals surface area contributed by atoms with Crippen LogP contribution in [0.5, 0.6) is 0 Å². The fourth-order valence-electron chi connectivity index (χ4n) is 32.4. The van der Waals surface area contributed by atoms with E-state index in [1.165, 1.54) is 177 Å². The largest absolute Gasteiger partial charge is 0.0530 e. The van der Waals surface area contributed by atoms with Crippen molar-refractivity contribution in [2.45, 2.75) is 559 Å². The lowest BCUT2D eigenvalue weighted by molar-refractivity contribution is 0.176. The summed E-state index contributed by atoms with van der Waals surface area (Å²) in [5.41, 5.74) is 0. The zero-order valence-corrected chi connectivity index (χ0v) is 76.5. The van der Waals surface area contributed by atoms with E-state index in [4.69, 9.17) is 0 Å². The smallest absolute Gasteiger partial charge is 0.0352 e. The fraction of sp³-hybridized carbons (Fsp3) is 1.00. The fourth-order valence-corrected chi connectivity index (χ4v) is 32.4. The maximum absolute atomic E-state index is 1.62. The molecular formula is C113H200. The second-order valence-electron chi connectivity index (χ2n) is 48.1. The van der Waals surface area contributed by atoms with Gasteiger partial charge in [-0.25, -0.2) is 0 Å². The first-order chi connectivity index (χ1) is 55.9. The Morgan fingerprint density at radius 2 is 0.177 bits per heavy atom. The highest BCUT2D eigenvalue weighted by molar-refractivity contribution is 5.06. The highest BCUT2D eigenvalue weighted by Gasteiger charge is 2.57. The molecule has 0 radical (unpaired) electrons. The number of hydrogen-bond acceptors (Lipinski definition) is 0. The molecule has 0 nitrogen and oxygen atoms in total. The normalized spacial score (nSPS) is 43.3. The van der Waals surface area contributed by atoms with E-state index >= 15 is 0 Å². The molecule has 29 fully saturated rings. The van der Waals surface area contributed by atoms with E-state index in [0.29, 0.717) is 0 Å². The van der Waals surface area contributed by atoms with Crippen LogP contribution >= 0.6 is 0 Å².